The van der Waals surface area contributed by atoms with Crippen LogP contribution in [-0.2, 0) is 74.8 Å². The van der Waals surface area contributed by atoms with Crippen molar-refractivity contribution in [2.45, 2.75) is 92.9 Å². The molecule has 4 saturated heterocycles. The molecule has 3 N–H and O–H groups in total. The number of amides is 4. The van der Waals surface area contributed by atoms with Crippen LogP contribution in [0, 0.1) is 52.5 Å². The van der Waals surface area contributed by atoms with Crippen molar-refractivity contribution in [2.75, 3.05) is 56.5 Å². The first-order valence-corrected chi connectivity index (χ1v) is 47.4. The number of anilines is 4. The Labute approximate surface area is 504 Å². The SMILES string of the molecule is Cc1cc(I)ccc1N1CC(=O)N(CC[Si](C)(C)C)S1(=O)=O.Cc1ccc(N2CC(=O)N(CC[Si](C)(C)C)S2(=O)=O)c(C)c1.Cc1ccc(N2CC(=O)NS2(=O)=O)c(C)c1.Cc1ccc(N2CC(=O)NS2(=O)=O)c(O)c1.[CH3-].[Zn+][I]. The van der Waals surface area contributed by atoms with E-state index < -0.39 is 68.8 Å². The maximum absolute atomic E-state index is 12.7. The third kappa shape index (κ3) is 18.0. The number of phenols is 1. The minimum absolute atomic E-state index is 0. The molecule has 0 unspecified atom stereocenters. The van der Waals surface area contributed by atoms with Crippen molar-refractivity contribution in [1.82, 2.24) is 18.1 Å². The van der Waals surface area contributed by atoms with Crippen LogP contribution >= 0.6 is 42.3 Å². The van der Waals surface area contributed by atoms with E-state index in [9.17, 15) is 58.0 Å². The van der Waals surface area contributed by atoms with Gasteiger partial charge in [0.15, 0.2) is 0 Å². The quantitative estimate of drug-likeness (QED) is 0.0816. The Kier molecular flexibility index (Phi) is 24.1. The fourth-order valence-electron chi connectivity index (χ4n) is 8.07. The number of aryl methyl sites for hydroxylation is 6. The molecule has 8 rings (SSSR count). The van der Waals surface area contributed by atoms with Gasteiger partial charge in [-0.2, -0.15) is 33.7 Å². The summed E-state index contributed by atoms with van der Waals surface area (Å²) in [6.07, 6.45) is 0. The standard InChI is InChI=1S/C15H24N2O3SSi.C14H21IN2O3SSi.C10H12N2O3S.C9H10N2O4S.CH3.HI.Zn/c1-12-6-7-14(13(2)10-12)17-11-15(18)16(21(17,19)20)8-9-22(3,4)5;1-11-9-12(15)5-6-13(11)17-10-14(18)16(21(17,19)20)7-8-22(2,3)4;1-7-3-4-9(8(2)5-7)12-6-10(13)11-16(12,14)15;1-6-2-3-7(8(12)4-6)11-5-9(13)10-16(11,14)15;;;/h6-7,10H,8-9,11H2,1-5H3;5-6,9H,7-8,10H2,1-4H3;3-5H,6H2,1-2H3,(H,11,13);2-4,12H,5H2,1H3,(H,10,13);1H3;1H;/q;;;;-1;;+2/p-1. The van der Waals surface area contributed by atoms with Crippen molar-refractivity contribution in [3.8, 4) is 5.75 Å². The van der Waals surface area contributed by atoms with E-state index in [4.69, 9.17) is 0 Å². The Hall–Kier alpha value is -3.92. The van der Waals surface area contributed by atoms with Crippen molar-refractivity contribution in [2.24, 2.45) is 0 Å². The molecular weight excluding hydrogens is 1410 g/mol. The molecule has 79 heavy (non-hydrogen) atoms. The van der Waals surface area contributed by atoms with E-state index in [1.54, 1.807) is 31.2 Å². The van der Waals surface area contributed by atoms with Gasteiger partial charge in [-0.3, -0.25) is 19.2 Å². The van der Waals surface area contributed by atoms with Crippen LogP contribution in [0.4, 0.5) is 22.7 Å². The molecule has 30 heteroatoms. The van der Waals surface area contributed by atoms with Crippen LogP contribution in [-0.4, -0.2) is 126 Å². The number of benzene rings is 4. The molecule has 0 radical (unpaired) electrons. The van der Waals surface area contributed by atoms with Gasteiger partial charge in [0.2, 0.25) is 0 Å². The third-order valence-corrected chi connectivity index (χ3v) is 22.6. The van der Waals surface area contributed by atoms with Gasteiger partial charge in [-0.15, -0.1) is 0 Å². The first kappa shape index (κ1) is 69.3. The molecule has 4 aliphatic rings. The van der Waals surface area contributed by atoms with E-state index in [1.165, 1.54) is 35.5 Å². The van der Waals surface area contributed by atoms with Gasteiger partial charge in [0.1, 0.15) is 31.9 Å². The second kappa shape index (κ2) is 27.4. The van der Waals surface area contributed by atoms with Gasteiger partial charge in [0, 0.05) is 32.8 Å². The molecular formula is C49H70I2N8O13S4Si2Zn. The van der Waals surface area contributed by atoms with E-state index in [0.29, 0.717) is 17.1 Å². The number of carbonyl (C=O) groups excluding carboxylic acids is 4. The number of nitrogens with zero attached hydrogens (tertiary/aromatic N) is 6. The van der Waals surface area contributed by atoms with Crippen LogP contribution in [0.3, 0.4) is 0 Å². The van der Waals surface area contributed by atoms with E-state index in [0.717, 1.165) is 66.3 Å². The normalized spacial score (nSPS) is 17.7. The molecule has 0 aromatic heterocycles. The Balaban J connectivity index is 0.000000275. The molecule has 0 saturated carbocycles. The molecule has 4 fully saturated rings. The predicted octanol–water partition coefficient (Wildman–Crippen LogP) is 7.07. The van der Waals surface area contributed by atoms with Gasteiger partial charge in [0.25, 0.3) is 23.6 Å². The summed E-state index contributed by atoms with van der Waals surface area (Å²) in [5, 5.41) is 9.63. The van der Waals surface area contributed by atoms with Crippen LogP contribution in [0.1, 0.15) is 33.4 Å². The van der Waals surface area contributed by atoms with Crippen LogP contribution in [0.15, 0.2) is 72.8 Å². The van der Waals surface area contributed by atoms with Crippen LogP contribution in [0.2, 0.25) is 51.4 Å². The summed E-state index contributed by atoms with van der Waals surface area (Å²) in [6, 6.07) is 22.6. The first-order chi connectivity index (χ1) is 35.8. The van der Waals surface area contributed by atoms with E-state index >= 15 is 0 Å². The second-order valence-corrected chi connectivity index (χ2v) is 40.4. The fraction of sp³-hybridized carbons (Fsp3) is 0.408. The molecule has 4 aromatic rings. The molecule has 4 aliphatic heterocycles. The number of carbonyl (C=O) groups is 4. The third-order valence-electron chi connectivity index (χ3n) is 12.1. The number of hydrogen-bond donors (Lipinski definition) is 3. The molecule has 0 spiro atoms. The summed E-state index contributed by atoms with van der Waals surface area (Å²) in [4.78, 5) is 46.5. The van der Waals surface area contributed by atoms with Gasteiger partial charge < -0.3 is 12.5 Å². The average molecular weight is 1480 g/mol. The van der Waals surface area contributed by atoms with E-state index in [1.807, 2.05) is 80.5 Å². The molecule has 21 nitrogen and oxygen atoms in total. The van der Waals surface area contributed by atoms with Crippen LogP contribution in [0.25, 0.3) is 0 Å². The fourth-order valence-corrected chi connectivity index (χ4v) is 16.4. The maximum atomic E-state index is 12.7. The van der Waals surface area contributed by atoms with Gasteiger partial charge in [-0.25, -0.2) is 35.3 Å². The molecule has 4 heterocycles. The Bertz CT molecular complexity index is 3180. The monoisotopic (exact) mass is 1480 g/mol. The van der Waals surface area contributed by atoms with E-state index in [2.05, 4.69) is 81.6 Å². The van der Waals surface area contributed by atoms with Crippen LogP contribution < -0.4 is 26.7 Å². The van der Waals surface area contributed by atoms with Crippen molar-refractivity contribution >= 4 is 146 Å². The Morgan fingerprint density at radius 1 is 0.494 bits per heavy atom. The summed E-state index contributed by atoms with van der Waals surface area (Å²) in [6.45, 7) is 24.1. The number of hydrogen-bond acceptors (Lipinski definition) is 13. The number of aromatic hydroxyl groups is 1. The van der Waals surface area contributed by atoms with E-state index in [-0.39, 0.29) is 69.9 Å². The zero-order valence-corrected chi connectivity index (χ0v) is 59.3. The summed E-state index contributed by atoms with van der Waals surface area (Å²) in [5.41, 5.74) is 7.31. The first-order valence-electron chi connectivity index (χ1n) is 24.1. The molecule has 432 valence electrons. The topological polar surface area (TPSA) is 269 Å². The summed E-state index contributed by atoms with van der Waals surface area (Å²) in [5.74, 6) is -1.95. The molecule has 4 amide bonds. The van der Waals surface area contributed by atoms with Crippen LogP contribution in [0.5, 0.6) is 5.75 Å². The number of nitrogens with one attached hydrogen (secondary N) is 2. The van der Waals surface area contributed by atoms with Gasteiger partial charge in [-0.1, -0.05) is 80.7 Å². The zero-order valence-electron chi connectivity index (χ0n) is 46.7. The molecule has 4 aromatic carbocycles. The second-order valence-electron chi connectivity index (χ2n) is 21.2. The minimum atomic E-state index is -3.85. The Morgan fingerprint density at radius 3 is 1.13 bits per heavy atom. The molecule has 0 bridgehead atoms. The van der Waals surface area contributed by atoms with Crippen molar-refractivity contribution < 1.29 is 72.7 Å². The number of phenolic OH excluding ortho intramolecular Hbond substituents is 1. The van der Waals surface area contributed by atoms with Crippen molar-refractivity contribution in [3.05, 3.63) is 117 Å². The predicted molar refractivity (Wildman–Crippen MR) is 330 cm³/mol. The molecule has 0 aliphatic carbocycles. The Morgan fingerprint density at radius 2 is 0.810 bits per heavy atom. The van der Waals surface area contributed by atoms with Crippen molar-refractivity contribution in [1.29, 1.82) is 0 Å². The van der Waals surface area contributed by atoms with Gasteiger partial charge in [-0.05, 0) is 141 Å². The average Bonchev–Trinajstić information content (AvgIpc) is 3.90. The molecule has 0 atom stereocenters. The van der Waals surface area contributed by atoms with Crippen molar-refractivity contribution in [3.63, 3.8) is 0 Å². The van der Waals surface area contributed by atoms with Gasteiger partial charge in [0.05, 0.1) is 22.7 Å². The number of halogens is 2. The number of rotatable bonds is 10. The van der Waals surface area contributed by atoms with Gasteiger partial charge >= 0.3 is 75.4 Å². The summed E-state index contributed by atoms with van der Waals surface area (Å²) in [7, 11) is -17.9. The zero-order chi connectivity index (χ0) is 59.3. The summed E-state index contributed by atoms with van der Waals surface area (Å²) < 4.78 is 108. The summed E-state index contributed by atoms with van der Waals surface area (Å²) >= 11 is 5.80.